The van der Waals surface area contributed by atoms with Crippen molar-refractivity contribution in [3.05, 3.63) is 59.1 Å². The van der Waals surface area contributed by atoms with Crippen LogP contribution in [0, 0.1) is 0 Å². The van der Waals surface area contributed by atoms with Gasteiger partial charge in [-0.2, -0.15) is 0 Å². The van der Waals surface area contributed by atoms with E-state index in [4.69, 9.17) is 21.5 Å². The highest BCUT2D eigenvalue weighted by atomic mass is 35.5. The fourth-order valence-electron chi connectivity index (χ4n) is 2.08. The lowest BCUT2D eigenvalue weighted by atomic mass is 10.0. The highest BCUT2D eigenvalue weighted by Crippen LogP contribution is 2.22. The number of hydrogen-bond acceptors (Lipinski definition) is 3. The molecule has 0 fully saturated rings. The van der Waals surface area contributed by atoms with E-state index in [2.05, 4.69) is 5.16 Å². The van der Waals surface area contributed by atoms with E-state index in [-0.39, 0.29) is 6.42 Å². The summed E-state index contributed by atoms with van der Waals surface area (Å²) in [7, 11) is 1.45. The zero-order valence-corrected chi connectivity index (χ0v) is 12.9. The molecule has 1 N–H and O–H groups in total. The van der Waals surface area contributed by atoms with Crippen LogP contribution in [0.4, 0.5) is 0 Å². The molecule has 0 bridgehead atoms. The SMILES string of the molecule is CON=C(CCC(=O)O)c1ccc(-c2ccc(Cl)cc2)cc1. The van der Waals surface area contributed by atoms with E-state index < -0.39 is 5.97 Å². The molecule has 0 aliphatic rings. The summed E-state index contributed by atoms with van der Waals surface area (Å²) in [5.41, 5.74) is 3.58. The first kappa shape index (κ1) is 16.0. The Morgan fingerprint density at radius 2 is 1.59 bits per heavy atom. The lowest BCUT2D eigenvalue weighted by Gasteiger charge is -2.07. The number of aliphatic carboxylic acids is 1. The summed E-state index contributed by atoms with van der Waals surface area (Å²) in [5.74, 6) is -0.860. The van der Waals surface area contributed by atoms with E-state index in [1.54, 1.807) is 0 Å². The maximum Gasteiger partial charge on any atom is 0.303 e. The molecule has 0 radical (unpaired) electrons. The number of carboxylic acids is 1. The van der Waals surface area contributed by atoms with Gasteiger partial charge in [0.15, 0.2) is 0 Å². The molecule has 0 atom stereocenters. The first-order valence-electron chi connectivity index (χ1n) is 6.78. The van der Waals surface area contributed by atoms with E-state index >= 15 is 0 Å². The third kappa shape index (κ3) is 4.33. The van der Waals surface area contributed by atoms with Gasteiger partial charge in [0, 0.05) is 11.4 Å². The average Bonchev–Trinajstić information content (AvgIpc) is 2.52. The van der Waals surface area contributed by atoms with Crippen LogP contribution < -0.4 is 0 Å². The molecule has 0 aliphatic carbocycles. The Labute approximate surface area is 134 Å². The molecule has 0 aromatic heterocycles. The van der Waals surface area contributed by atoms with Gasteiger partial charge in [0.2, 0.25) is 0 Å². The van der Waals surface area contributed by atoms with Gasteiger partial charge in [0.05, 0.1) is 12.1 Å². The topological polar surface area (TPSA) is 58.9 Å². The number of hydrogen-bond donors (Lipinski definition) is 1. The van der Waals surface area contributed by atoms with E-state index in [1.807, 2.05) is 48.5 Å². The molecule has 0 spiro atoms. The van der Waals surface area contributed by atoms with Crippen molar-refractivity contribution < 1.29 is 14.7 Å². The molecule has 0 heterocycles. The molecule has 5 heteroatoms. The third-order valence-corrected chi connectivity index (χ3v) is 3.42. The summed E-state index contributed by atoms with van der Waals surface area (Å²) in [5, 5.41) is 13.4. The molecule has 2 rings (SSSR count). The van der Waals surface area contributed by atoms with Crippen molar-refractivity contribution in [1.82, 2.24) is 0 Å². The maximum atomic E-state index is 10.7. The molecule has 2 aromatic rings. The average molecular weight is 318 g/mol. The molecular weight excluding hydrogens is 302 g/mol. The van der Waals surface area contributed by atoms with Gasteiger partial charge in [-0.25, -0.2) is 0 Å². The Kier molecular flexibility index (Phi) is 5.55. The van der Waals surface area contributed by atoms with Crippen LogP contribution in [0.3, 0.4) is 0 Å². The fourth-order valence-corrected chi connectivity index (χ4v) is 2.20. The second kappa shape index (κ2) is 7.61. The number of halogens is 1. The van der Waals surface area contributed by atoms with Crippen molar-refractivity contribution >= 4 is 23.3 Å². The Bertz CT molecular complexity index is 663. The summed E-state index contributed by atoms with van der Waals surface area (Å²) in [6.07, 6.45) is 0.338. The van der Waals surface area contributed by atoms with Gasteiger partial charge in [0.1, 0.15) is 7.11 Å². The minimum atomic E-state index is -0.860. The van der Waals surface area contributed by atoms with Gasteiger partial charge < -0.3 is 9.94 Å². The van der Waals surface area contributed by atoms with E-state index in [1.165, 1.54) is 7.11 Å². The number of benzene rings is 2. The number of carboxylic acid groups (broad SMARTS) is 1. The summed E-state index contributed by atoms with van der Waals surface area (Å²) < 4.78 is 0. The minimum absolute atomic E-state index is 0.0150. The van der Waals surface area contributed by atoms with Crippen LogP contribution in [-0.4, -0.2) is 23.9 Å². The van der Waals surface area contributed by atoms with Crippen molar-refractivity contribution in [3.8, 4) is 11.1 Å². The number of rotatable bonds is 6. The monoisotopic (exact) mass is 317 g/mol. The van der Waals surface area contributed by atoms with Crippen molar-refractivity contribution in [1.29, 1.82) is 0 Å². The Morgan fingerprint density at radius 3 is 2.09 bits per heavy atom. The summed E-state index contributed by atoms with van der Waals surface area (Å²) >= 11 is 5.88. The molecule has 22 heavy (non-hydrogen) atoms. The Morgan fingerprint density at radius 1 is 1.05 bits per heavy atom. The molecule has 0 amide bonds. The molecule has 114 valence electrons. The molecule has 0 aliphatic heterocycles. The largest absolute Gasteiger partial charge is 0.481 e. The zero-order valence-electron chi connectivity index (χ0n) is 12.1. The molecule has 0 saturated carbocycles. The second-order valence-corrected chi connectivity index (χ2v) is 5.13. The zero-order chi connectivity index (χ0) is 15.9. The van der Waals surface area contributed by atoms with Gasteiger partial charge in [-0.3, -0.25) is 4.79 Å². The lowest BCUT2D eigenvalue weighted by Crippen LogP contribution is -2.05. The van der Waals surface area contributed by atoms with Gasteiger partial charge in [-0.1, -0.05) is 53.2 Å². The third-order valence-electron chi connectivity index (χ3n) is 3.17. The molecular formula is C17H16ClNO3. The standard InChI is InChI=1S/C17H16ClNO3/c1-22-19-16(10-11-17(20)21)14-4-2-12(3-5-14)13-6-8-15(18)9-7-13/h2-9H,10-11H2,1H3,(H,20,21). The van der Waals surface area contributed by atoms with Crippen LogP contribution in [0.2, 0.25) is 5.02 Å². The fraction of sp³-hybridized carbons (Fsp3) is 0.176. The van der Waals surface area contributed by atoms with E-state index in [0.29, 0.717) is 17.2 Å². The van der Waals surface area contributed by atoms with Crippen LogP contribution in [0.15, 0.2) is 53.7 Å². The quantitative estimate of drug-likeness (QED) is 0.641. The molecule has 0 unspecified atom stereocenters. The van der Waals surface area contributed by atoms with Gasteiger partial charge in [-0.15, -0.1) is 0 Å². The van der Waals surface area contributed by atoms with Crippen molar-refractivity contribution in [3.63, 3.8) is 0 Å². The maximum absolute atomic E-state index is 10.7. The number of oxime groups is 1. The Hall–Kier alpha value is -2.33. The molecule has 4 nitrogen and oxygen atoms in total. The van der Waals surface area contributed by atoms with E-state index in [0.717, 1.165) is 16.7 Å². The predicted molar refractivity (Wildman–Crippen MR) is 87.3 cm³/mol. The highest BCUT2D eigenvalue weighted by Gasteiger charge is 2.08. The number of carbonyl (C=O) groups is 1. The van der Waals surface area contributed by atoms with Crippen molar-refractivity contribution in [2.24, 2.45) is 5.16 Å². The van der Waals surface area contributed by atoms with Crippen LogP contribution in [0.25, 0.3) is 11.1 Å². The number of nitrogens with zero attached hydrogens (tertiary/aromatic N) is 1. The second-order valence-electron chi connectivity index (χ2n) is 4.70. The lowest BCUT2D eigenvalue weighted by molar-refractivity contribution is -0.136. The first-order chi connectivity index (χ1) is 10.6. The highest BCUT2D eigenvalue weighted by molar-refractivity contribution is 6.30. The summed E-state index contributed by atoms with van der Waals surface area (Å²) in [6.45, 7) is 0. The van der Waals surface area contributed by atoms with Gasteiger partial charge >= 0.3 is 5.97 Å². The summed E-state index contributed by atoms with van der Waals surface area (Å²) in [4.78, 5) is 15.5. The van der Waals surface area contributed by atoms with E-state index in [9.17, 15) is 4.79 Å². The summed E-state index contributed by atoms with van der Waals surface area (Å²) in [6, 6.07) is 15.3. The predicted octanol–water partition coefficient (Wildman–Crippen LogP) is 4.22. The Balaban J connectivity index is 2.20. The normalized spacial score (nSPS) is 11.3. The van der Waals surface area contributed by atoms with Crippen molar-refractivity contribution in [2.75, 3.05) is 7.11 Å². The molecule has 0 saturated heterocycles. The minimum Gasteiger partial charge on any atom is -0.481 e. The van der Waals surface area contributed by atoms with Crippen LogP contribution >= 0.6 is 11.6 Å². The molecule has 2 aromatic carbocycles. The van der Waals surface area contributed by atoms with Gasteiger partial charge in [-0.05, 0) is 28.8 Å². The van der Waals surface area contributed by atoms with Crippen molar-refractivity contribution in [2.45, 2.75) is 12.8 Å². The first-order valence-corrected chi connectivity index (χ1v) is 7.16. The van der Waals surface area contributed by atoms with Crippen LogP contribution in [-0.2, 0) is 9.63 Å². The van der Waals surface area contributed by atoms with Gasteiger partial charge in [0.25, 0.3) is 0 Å². The smallest absolute Gasteiger partial charge is 0.303 e. The van der Waals surface area contributed by atoms with Crippen LogP contribution in [0.5, 0.6) is 0 Å². The van der Waals surface area contributed by atoms with Crippen LogP contribution in [0.1, 0.15) is 18.4 Å².